The summed E-state index contributed by atoms with van der Waals surface area (Å²) in [6, 6.07) is 0.197. The van der Waals surface area contributed by atoms with Gasteiger partial charge < -0.3 is 14.6 Å². The minimum absolute atomic E-state index is 0.0500. The molecule has 96 valence electrons. The fraction of sp³-hybridized carbons (Fsp3) is 0.769. The molecule has 0 saturated heterocycles. The number of aromatic nitrogens is 2. The molecule has 17 heavy (non-hydrogen) atoms. The Hall–Kier alpha value is -0.870. The molecule has 1 aromatic heterocycles. The Morgan fingerprint density at radius 1 is 1.59 bits per heavy atom. The van der Waals surface area contributed by atoms with E-state index in [1.807, 2.05) is 20.4 Å². The molecule has 1 aromatic rings. The second-order valence-corrected chi connectivity index (χ2v) is 4.82. The van der Waals surface area contributed by atoms with E-state index in [0.717, 1.165) is 31.6 Å². The van der Waals surface area contributed by atoms with Crippen LogP contribution < -0.4 is 5.32 Å². The first-order valence-corrected chi connectivity index (χ1v) is 6.51. The molecule has 1 heterocycles. The molecular weight excluding hydrogens is 214 g/mol. The fourth-order valence-electron chi connectivity index (χ4n) is 2.77. The molecule has 1 unspecified atom stereocenters. The monoisotopic (exact) mass is 237 g/mol. The van der Waals surface area contributed by atoms with Crippen molar-refractivity contribution in [3.05, 3.63) is 18.2 Å². The van der Waals surface area contributed by atoms with E-state index in [-0.39, 0.29) is 11.6 Å². The molecule has 0 aromatic carbocycles. The Bertz CT molecular complexity index is 352. The lowest BCUT2D eigenvalue weighted by Crippen LogP contribution is -2.50. The molecule has 0 radical (unpaired) electrons. The van der Waals surface area contributed by atoms with Crippen molar-refractivity contribution in [2.45, 2.75) is 50.8 Å². The molecule has 4 heteroatoms. The summed E-state index contributed by atoms with van der Waals surface area (Å²) in [5, 5.41) is 3.39. The zero-order valence-corrected chi connectivity index (χ0v) is 11.1. The second-order valence-electron chi connectivity index (χ2n) is 4.82. The van der Waals surface area contributed by atoms with E-state index < -0.39 is 0 Å². The summed E-state index contributed by atoms with van der Waals surface area (Å²) in [5.74, 6) is 1.11. The summed E-state index contributed by atoms with van der Waals surface area (Å²) < 4.78 is 8.00. The van der Waals surface area contributed by atoms with Crippen molar-refractivity contribution in [3.8, 4) is 0 Å². The van der Waals surface area contributed by atoms with Gasteiger partial charge in [-0.2, -0.15) is 0 Å². The number of hydrogen-bond donors (Lipinski definition) is 1. The van der Waals surface area contributed by atoms with Crippen LogP contribution in [0.1, 0.15) is 44.5 Å². The Kier molecular flexibility index (Phi) is 3.84. The minimum Gasteiger partial charge on any atom is -0.376 e. The lowest BCUT2D eigenvalue weighted by molar-refractivity contribution is -0.101. The van der Waals surface area contributed by atoms with E-state index in [1.54, 1.807) is 0 Å². The zero-order valence-electron chi connectivity index (χ0n) is 11.1. The van der Waals surface area contributed by atoms with Crippen LogP contribution in [0.15, 0.2) is 12.4 Å². The third-order valence-electron chi connectivity index (χ3n) is 3.89. The average Bonchev–Trinajstić information content (AvgIpc) is 2.72. The lowest BCUT2D eigenvalue weighted by atomic mass is 9.74. The summed E-state index contributed by atoms with van der Waals surface area (Å²) in [7, 11) is 3.81. The van der Waals surface area contributed by atoms with Gasteiger partial charge in [-0.25, -0.2) is 4.98 Å². The van der Waals surface area contributed by atoms with Crippen molar-refractivity contribution in [1.29, 1.82) is 0 Å². The standard InChI is InChI=1S/C13H23N3O/c1-4-9-16-10-8-15-12(16)11(14-2)13(17-3)6-5-7-13/h8,10-11,14H,4-7,9H2,1-3H3. The predicted molar refractivity (Wildman–Crippen MR) is 67.9 cm³/mol. The maximum Gasteiger partial charge on any atom is 0.128 e. The largest absolute Gasteiger partial charge is 0.376 e. The Morgan fingerprint density at radius 2 is 2.35 bits per heavy atom. The SMILES string of the molecule is CCCn1ccnc1C(NC)C1(OC)CCC1. The molecule has 0 amide bonds. The van der Waals surface area contributed by atoms with Crippen LogP contribution in [-0.2, 0) is 11.3 Å². The summed E-state index contributed by atoms with van der Waals surface area (Å²) in [6.07, 6.45) is 8.56. The normalized spacial score (nSPS) is 19.9. The van der Waals surface area contributed by atoms with Crippen LogP contribution in [0.5, 0.6) is 0 Å². The van der Waals surface area contributed by atoms with Crippen LogP contribution in [0.2, 0.25) is 0 Å². The van der Waals surface area contributed by atoms with Crippen LogP contribution >= 0.6 is 0 Å². The van der Waals surface area contributed by atoms with Crippen LogP contribution in [0.25, 0.3) is 0 Å². The molecule has 1 fully saturated rings. The third kappa shape index (κ3) is 2.11. The molecule has 2 rings (SSSR count). The molecule has 0 spiro atoms. The van der Waals surface area contributed by atoms with Gasteiger partial charge in [-0.05, 0) is 32.7 Å². The number of aryl methyl sites for hydroxylation is 1. The summed E-state index contributed by atoms with van der Waals surface area (Å²) in [5.41, 5.74) is -0.0500. The van der Waals surface area contributed by atoms with Crippen LogP contribution in [0.3, 0.4) is 0 Å². The Labute approximate surface area is 103 Å². The quantitative estimate of drug-likeness (QED) is 0.823. The van der Waals surface area contributed by atoms with Gasteiger partial charge in [-0.15, -0.1) is 0 Å². The maximum absolute atomic E-state index is 5.77. The molecule has 1 atom stereocenters. The Balaban J connectivity index is 2.25. The number of nitrogens with one attached hydrogen (secondary N) is 1. The first kappa shape index (κ1) is 12.6. The highest BCUT2D eigenvalue weighted by atomic mass is 16.5. The van der Waals surface area contributed by atoms with Gasteiger partial charge in [0.1, 0.15) is 5.82 Å². The predicted octanol–water partition coefficient (Wildman–Crippen LogP) is 2.12. The maximum atomic E-state index is 5.77. The lowest BCUT2D eigenvalue weighted by Gasteiger charge is -2.46. The van der Waals surface area contributed by atoms with Crippen molar-refractivity contribution in [1.82, 2.24) is 14.9 Å². The number of likely N-dealkylation sites (N-methyl/N-ethyl adjacent to an activating group) is 1. The molecule has 1 aliphatic rings. The van der Waals surface area contributed by atoms with Gasteiger partial charge in [0, 0.05) is 26.0 Å². The van der Waals surface area contributed by atoms with Crippen molar-refractivity contribution >= 4 is 0 Å². The summed E-state index contributed by atoms with van der Waals surface area (Å²) in [4.78, 5) is 4.52. The first-order chi connectivity index (χ1) is 8.27. The van der Waals surface area contributed by atoms with E-state index in [9.17, 15) is 0 Å². The first-order valence-electron chi connectivity index (χ1n) is 6.51. The highest BCUT2D eigenvalue weighted by Crippen LogP contribution is 2.44. The zero-order chi connectivity index (χ0) is 12.3. The fourth-order valence-corrected chi connectivity index (χ4v) is 2.77. The van der Waals surface area contributed by atoms with Gasteiger partial charge in [-0.3, -0.25) is 0 Å². The van der Waals surface area contributed by atoms with E-state index in [2.05, 4.69) is 28.0 Å². The van der Waals surface area contributed by atoms with E-state index in [4.69, 9.17) is 4.74 Å². The van der Waals surface area contributed by atoms with E-state index in [0.29, 0.717) is 0 Å². The molecule has 0 aliphatic heterocycles. The molecule has 1 N–H and O–H groups in total. The molecular formula is C13H23N3O. The number of ether oxygens (including phenoxy) is 1. The van der Waals surface area contributed by atoms with Crippen molar-refractivity contribution in [2.24, 2.45) is 0 Å². The second kappa shape index (κ2) is 5.19. The molecule has 1 aliphatic carbocycles. The highest BCUT2D eigenvalue weighted by Gasteiger charge is 2.46. The molecule has 4 nitrogen and oxygen atoms in total. The van der Waals surface area contributed by atoms with Crippen LogP contribution in [0.4, 0.5) is 0 Å². The number of methoxy groups -OCH3 is 1. The number of hydrogen-bond acceptors (Lipinski definition) is 3. The van der Waals surface area contributed by atoms with E-state index in [1.165, 1.54) is 6.42 Å². The van der Waals surface area contributed by atoms with Crippen molar-refractivity contribution in [3.63, 3.8) is 0 Å². The smallest absolute Gasteiger partial charge is 0.128 e. The van der Waals surface area contributed by atoms with Crippen LogP contribution in [0, 0.1) is 0 Å². The number of nitrogens with zero attached hydrogens (tertiary/aromatic N) is 2. The average molecular weight is 237 g/mol. The number of imidazole rings is 1. The molecule has 1 saturated carbocycles. The van der Waals surface area contributed by atoms with Gasteiger partial charge in [0.15, 0.2) is 0 Å². The highest BCUT2D eigenvalue weighted by molar-refractivity contribution is 5.11. The Morgan fingerprint density at radius 3 is 2.82 bits per heavy atom. The van der Waals surface area contributed by atoms with Gasteiger partial charge in [0.2, 0.25) is 0 Å². The van der Waals surface area contributed by atoms with Crippen molar-refractivity contribution < 1.29 is 4.74 Å². The summed E-state index contributed by atoms with van der Waals surface area (Å²) in [6.45, 7) is 3.21. The van der Waals surface area contributed by atoms with Gasteiger partial charge >= 0.3 is 0 Å². The summed E-state index contributed by atoms with van der Waals surface area (Å²) >= 11 is 0. The van der Waals surface area contributed by atoms with Gasteiger partial charge in [0.05, 0.1) is 11.6 Å². The number of rotatable bonds is 6. The topological polar surface area (TPSA) is 39.1 Å². The minimum atomic E-state index is -0.0500. The van der Waals surface area contributed by atoms with E-state index >= 15 is 0 Å². The van der Waals surface area contributed by atoms with Crippen molar-refractivity contribution in [2.75, 3.05) is 14.2 Å². The molecule has 0 bridgehead atoms. The van der Waals surface area contributed by atoms with Crippen LogP contribution in [-0.4, -0.2) is 29.3 Å². The third-order valence-corrected chi connectivity index (χ3v) is 3.89. The van der Waals surface area contributed by atoms with Gasteiger partial charge in [-0.1, -0.05) is 6.92 Å². The van der Waals surface area contributed by atoms with Gasteiger partial charge in [0.25, 0.3) is 0 Å².